The fraction of sp³-hybridized carbons (Fsp3) is 0.444. The molecule has 0 saturated heterocycles. The van der Waals surface area contributed by atoms with E-state index >= 15 is 0 Å². The highest BCUT2D eigenvalue weighted by Gasteiger charge is 2.24. The summed E-state index contributed by atoms with van der Waals surface area (Å²) in [6.45, 7) is 9.40. The molecule has 0 aliphatic carbocycles. The Labute approximate surface area is 262 Å². The Kier molecular flexibility index (Phi) is 11.9. The van der Waals surface area contributed by atoms with E-state index in [4.69, 9.17) is 14.7 Å². The maximum atomic E-state index is 12.8. The molecule has 234 valence electrons. The minimum absolute atomic E-state index is 0.0179. The van der Waals surface area contributed by atoms with Crippen LogP contribution in [0.2, 0.25) is 0 Å². The van der Waals surface area contributed by atoms with E-state index in [9.17, 15) is 4.79 Å². The van der Waals surface area contributed by atoms with Gasteiger partial charge in [0.2, 0.25) is 5.91 Å². The largest absolute Gasteiger partial charge is 0.496 e. The first-order chi connectivity index (χ1) is 21.3. The Balaban J connectivity index is 1.62. The zero-order valence-electron chi connectivity index (χ0n) is 27.3. The standard InChI is InChI=1S/C36H48N6O2/c1-7-9-11-12-13-14-15-34(43)37-29-18-21-33(44-6)31(25-29)35-32(38-36(39-35)42-27(4)23-26(3)40-42)24-28-16-19-30(20-17-28)41(5)22-10-8-2/h16-21,23-25H,7-15,22H2,1-6H3,(H,37,43)/b32-24-. The summed E-state index contributed by atoms with van der Waals surface area (Å²) in [7, 11) is 3.77. The highest BCUT2D eigenvalue weighted by atomic mass is 16.5. The lowest BCUT2D eigenvalue weighted by Crippen LogP contribution is -2.17. The van der Waals surface area contributed by atoms with Crippen LogP contribution in [0.5, 0.6) is 5.75 Å². The van der Waals surface area contributed by atoms with Gasteiger partial charge in [-0.1, -0.05) is 64.5 Å². The third-order valence-electron chi connectivity index (χ3n) is 7.85. The van der Waals surface area contributed by atoms with Gasteiger partial charge >= 0.3 is 0 Å². The van der Waals surface area contributed by atoms with Crippen molar-refractivity contribution in [2.75, 3.05) is 30.9 Å². The minimum atomic E-state index is 0.0179. The lowest BCUT2D eigenvalue weighted by atomic mass is 10.0. The van der Waals surface area contributed by atoms with Crippen LogP contribution in [-0.2, 0) is 4.79 Å². The lowest BCUT2D eigenvalue weighted by Gasteiger charge is -2.19. The van der Waals surface area contributed by atoms with Crippen molar-refractivity contribution in [3.63, 3.8) is 0 Å². The van der Waals surface area contributed by atoms with Gasteiger partial charge in [-0.25, -0.2) is 14.7 Å². The summed E-state index contributed by atoms with van der Waals surface area (Å²) >= 11 is 0. The van der Waals surface area contributed by atoms with Crippen molar-refractivity contribution in [2.45, 2.75) is 85.5 Å². The first-order valence-electron chi connectivity index (χ1n) is 16.1. The number of aryl methyl sites for hydroxylation is 2. The van der Waals surface area contributed by atoms with E-state index in [1.165, 1.54) is 37.8 Å². The number of methoxy groups -OCH3 is 1. The van der Waals surface area contributed by atoms with Gasteiger partial charge in [0.15, 0.2) is 0 Å². The zero-order chi connectivity index (χ0) is 31.5. The maximum absolute atomic E-state index is 12.8. The molecule has 0 saturated carbocycles. The molecule has 1 aliphatic heterocycles. The van der Waals surface area contributed by atoms with E-state index in [0.717, 1.165) is 48.3 Å². The smallest absolute Gasteiger partial charge is 0.252 e. The molecule has 1 aromatic heterocycles. The Morgan fingerprint density at radius 2 is 1.66 bits per heavy atom. The molecule has 8 nitrogen and oxygen atoms in total. The molecular weight excluding hydrogens is 548 g/mol. The number of nitrogens with one attached hydrogen (secondary N) is 1. The molecule has 0 bridgehead atoms. The second-order valence-electron chi connectivity index (χ2n) is 11.6. The van der Waals surface area contributed by atoms with Gasteiger partial charge < -0.3 is 15.0 Å². The van der Waals surface area contributed by atoms with Crippen LogP contribution in [0.25, 0.3) is 6.08 Å². The molecule has 44 heavy (non-hydrogen) atoms. The van der Waals surface area contributed by atoms with E-state index in [-0.39, 0.29) is 5.91 Å². The summed E-state index contributed by atoms with van der Waals surface area (Å²) in [6, 6.07) is 16.2. The van der Waals surface area contributed by atoms with Crippen LogP contribution in [0.15, 0.2) is 64.2 Å². The molecule has 0 spiro atoms. The number of allylic oxidation sites excluding steroid dienone is 1. The van der Waals surface area contributed by atoms with Crippen molar-refractivity contribution >= 4 is 35.0 Å². The zero-order valence-corrected chi connectivity index (χ0v) is 27.3. The number of anilines is 2. The molecule has 4 rings (SSSR count). The van der Waals surface area contributed by atoms with Crippen molar-refractivity contribution < 1.29 is 9.53 Å². The number of hydrogen-bond acceptors (Lipinski definition) is 6. The Hall–Kier alpha value is -4.20. The molecule has 0 fully saturated rings. The van der Waals surface area contributed by atoms with Gasteiger partial charge in [0.05, 0.1) is 18.5 Å². The average Bonchev–Trinajstić information content (AvgIpc) is 3.59. The highest BCUT2D eigenvalue weighted by molar-refractivity contribution is 6.24. The summed E-state index contributed by atoms with van der Waals surface area (Å²) in [5.41, 5.74) is 6.88. The van der Waals surface area contributed by atoms with Crippen LogP contribution >= 0.6 is 0 Å². The van der Waals surface area contributed by atoms with Crippen LogP contribution in [0.1, 0.15) is 94.1 Å². The molecule has 1 amide bonds. The number of benzene rings is 2. The molecule has 1 N–H and O–H groups in total. The van der Waals surface area contributed by atoms with Crippen LogP contribution < -0.4 is 15.0 Å². The summed E-state index contributed by atoms with van der Waals surface area (Å²) in [5, 5.41) is 7.71. The van der Waals surface area contributed by atoms with Crippen molar-refractivity contribution in [3.05, 3.63) is 76.7 Å². The first kappa shape index (κ1) is 32.7. The number of aromatic nitrogens is 2. The van der Waals surface area contributed by atoms with Gasteiger partial charge in [0, 0.05) is 42.6 Å². The fourth-order valence-corrected chi connectivity index (χ4v) is 5.34. The van der Waals surface area contributed by atoms with Crippen LogP contribution in [0.3, 0.4) is 0 Å². The fourth-order valence-electron chi connectivity index (χ4n) is 5.34. The second kappa shape index (κ2) is 16.0. The van der Waals surface area contributed by atoms with Gasteiger partial charge in [0.1, 0.15) is 11.5 Å². The first-order valence-corrected chi connectivity index (χ1v) is 16.1. The van der Waals surface area contributed by atoms with Crippen molar-refractivity contribution in [2.24, 2.45) is 9.98 Å². The second-order valence-corrected chi connectivity index (χ2v) is 11.6. The highest BCUT2D eigenvalue weighted by Crippen LogP contribution is 2.30. The molecule has 3 aromatic rings. The third kappa shape index (κ3) is 8.68. The van der Waals surface area contributed by atoms with Gasteiger partial charge in [-0.15, -0.1) is 0 Å². The topological polar surface area (TPSA) is 84.1 Å². The molecule has 1 aliphatic rings. The number of hydrogen-bond donors (Lipinski definition) is 1. The Morgan fingerprint density at radius 1 is 0.932 bits per heavy atom. The SMILES string of the molecule is CCCCCCCCC(=O)Nc1ccc(OC)c(C2=NC(n3nc(C)cc3C)=N/C2=C\c2ccc(N(C)CCCC)cc2)c1. The van der Waals surface area contributed by atoms with Crippen molar-refractivity contribution in [1.29, 1.82) is 0 Å². The predicted molar refractivity (Wildman–Crippen MR) is 183 cm³/mol. The number of nitrogens with zero attached hydrogens (tertiary/aromatic N) is 5. The Bertz CT molecular complexity index is 1500. The number of carbonyl (C=O) groups excluding carboxylic acids is 1. The van der Waals surface area contributed by atoms with Crippen LogP contribution in [0, 0.1) is 13.8 Å². The molecular formula is C36H48N6O2. The maximum Gasteiger partial charge on any atom is 0.252 e. The molecule has 0 radical (unpaired) electrons. The molecule has 0 unspecified atom stereocenters. The average molecular weight is 597 g/mol. The van der Waals surface area contributed by atoms with Gasteiger partial charge in [0.25, 0.3) is 5.96 Å². The molecule has 0 atom stereocenters. The Morgan fingerprint density at radius 3 is 2.34 bits per heavy atom. The molecule has 2 aromatic carbocycles. The van der Waals surface area contributed by atoms with Crippen molar-refractivity contribution in [1.82, 2.24) is 9.78 Å². The number of aliphatic imine (C=N–C) groups is 2. The number of rotatable bonds is 15. The predicted octanol–water partition coefficient (Wildman–Crippen LogP) is 8.18. The van der Waals surface area contributed by atoms with E-state index < -0.39 is 0 Å². The van der Waals surface area contributed by atoms with Crippen LogP contribution in [-0.4, -0.2) is 48.1 Å². The summed E-state index contributed by atoms with van der Waals surface area (Å²) in [5.74, 6) is 1.16. The monoisotopic (exact) mass is 596 g/mol. The van der Waals surface area contributed by atoms with Crippen molar-refractivity contribution in [3.8, 4) is 5.75 Å². The van der Waals surface area contributed by atoms with E-state index in [1.807, 2.05) is 44.2 Å². The van der Waals surface area contributed by atoms with Gasteiger partial charge in [-0.2, -0.15) is 5.10 Å². The summed E-state index contributed by atoms with van der Waals surface area (Å²) in [4.78, 5) is 25.0. The quantitative estimate of drug-likeness (QED) is 0.179. The van der Waals surface area contributed by atoms with Gasteiger partial charge in [-0.3, -0.25) is 4.79 Å². The number of carbonyl (C=O) groups is 1. The lowest BCUT2D eigenvalue weighted by molar-refractivity contribution is -0.116. The number of ether oxygens (including phenoxy) is 1. The number of amides is 1. The van der Waals surface area contributed by atoms with Crippen LogP contribution in [0.4, 0.5) is 11.4 Å². The third-order valence-corrected chi connectivity index (χ3v) is 7.85. The van der Waals surface area contributed by atoms with Gasteiger partial charge in [-0.05, 0) is 74.7 Å². The number of unbranched alkanes of at least 4 members (excludes halogenated alkanes) is 6. The minimum Gasteiger partial charge on any atom is -0.496 e. The van der Waals surface area contributed by atoms with E-state index in [1.54, 1.807) is 11.8 Å². The normalized spacial score (nSPS) is 13.6. The summed E-state index contributed by atoms with van der Waals surface area (Å²) < 4.78 is 7.54. The van der Waals surface area contributed by atoms with E-state index in [0.29, 0.717) is 35.2 Å². The molecule has 8 heteroatoms. The molecule has 2 heterocycles. The summed E-state index contributed by atoms with van der Waals surface area (Å²) in [6.07, 6.45) is 11.7. The van der Waals surface area contributed by atoms with E-state index in [2.05, 4.69) is 60.5 Å².